The fourth-order valence-electron chi connectivity index (χ4n) is 2.77. The van der Waals surface area contributed by atoms with E-state index in [0.717, 1.165) is 13.2 Å². The number of para-hydroxylation sites is 1. The van der Waals surface area contributed by atoms with Crippen LogP contribution in [0.15, 0.2) is 57.7 Å². The molecule has 10 nitrogen and oxygen atoms in total. The van der Waals surface area contributed by atoms with Crippen molar-refractivity contribution in [3.8, 4) is 0 Å². The van der Waals surface area contributed by atoms with Crippen LogP contribution >= 0.6 is 0 Å². The lowest BCUT2D eigenvalue weighted by molar-refractivity contribution is -0.119. The van der Waals surface area contributed by atoms with Crippen molar-refractivity contribution >= 4 is 40.5 Å². The third kappa shape index (κ3) is 4.81. The Morgan fingerprint density at radius 3 is 2.34 bits per heavy atom. The molecular weight excluding hydrogens is 422 g/mol. The highest BCUT2D eigenvalue weighted by Crippen LogP contribution is 2.20. The summed E-state index contributed by atoms with van der Waals surface area (Å²) >= 11 is 0. The number of benzene rings is 2. The molecule has 0 aliphatic carbocycles. The fraction of sp³-hybridized carbons (Fsp3) is 0.136. The monoisotopic (exact) mass is 439 g/mol. The van der Waals surface area contributed by atoms with Crippen molar-refractivity contribution in [2.75, 3.05) is 26.1 Å². The van der Waals surface area contributed by atoms with Crippen LogP contribution < -0.4 is 10.7 Å². The average Bonchev–Trinajstić information content (AvgIpc) is 2.81. The number of rotatable bonds is 6. The van der Waals surface area contributed by atoms with E-state index >= 15 is 0 Å². The Hall–Kier alpha value is -4.47. The van der Waals surface area contributed by atoms with Gasteiger partial charge in [0.25, 0.3) is 5.91 Å². The van der Waals surface area contributed by atoms with E-state index in [-0.39, 0.29) is 28.2 Å². The van der Waals surface area contributed by atoms with E-state index in [1.165, 1.54) is 31.4 Å². The second-order valence-corrected chi connectivity index (χ2v) is 6.34. The van der Waals surface area contributed by atoms with Gasteiger partial charge in [-0.15, -0.1) is 0 Å². The molecule has 1 heterocycles. The topological polar surface area (TPSA) is 138 Å². The highest BCUT2D eigenvalue weighted by atomic mass is 16.5. The number of esters is 3. The molecule has 0 aliphatic rings. The normalized spacial score (nSPS) is 10.3. The zero-order valence-electron chi connectivity index (χ0n) is 17.0. The van der Waals surface area contributed by atoms with Crippen molar-refractivity contribution < 1.29 is 37.8 Å². The number of ether oxygens (including phenoxy) is 3. The molecule has 164 valence electrons. The Bertz CT molecular complexity index is 1280. The first-order valence-corrected chi connectivity index (χ1v) is 9.14. The van der Waals surface area contributed by atoms with E-state index in [1.807, 2.05) is 0 Å². The fourth-order valence-corrected chi connectivity index (χ4v) is 2.77. The molecule has 1 amide bonds. The van der Waals surface area contributed by atoms with E-state index in [4.69, 9.17) is 9.15 Å². The maximum atomic E-state index is 12.3. The Labute approximate surface area is 180 Å². The van der Waals surface area contributed by atoms with Crippen LogP contribution in [0.3, 0.4) is 0 Å². The number of amides is 1. The van der Waals surface area contributed by atoms with Gasteiger partial charge in [0.1, 0.15) is 5.58 Å². The molecule has 0 aliphatic heterocycles. The van der Waals surface area contributed by atoms with Crippen molar-refractivity contribution in [1.82, 2.24) is 0 Å². The average molecular weight is 439 g/mol. The van der Waals surface area contributed by atoms with Crippen molar-refractivity contribution in [2.45, 2.75) is 0 Å². The first-order chi connectivity index (χ1) is 15.3. The van der Waals surface area contributed by atoms with E-state index in [0.29, 0.717) is 5.39 Å². The summed E-state index contributed by atoms with van der Waals surface area (Å²) in [6, 6.07) is 11.2. The van der Waals surface area contributed by atoms with Gasteiger partial charge < -0.3 is 23.9 Å². The summed E-state index contributed by atoms with van der Waals surface area (Å²) in [7, 11) is 2.33. The van der Waals surface area contributed by atoms with Gasteiger partial charge in [0, 0.05) is 6.07 Å². The third-order valence-electron chi connectivity index (χ3n) is 4.29. The van der Waals surface area contributed by atoms with Crippen LogP contribution in [0.5, 0.6) is 0 Å². The molecule has 1 aromatic heterocycles. The molecule has 0 saturated heterocycles. The molecule has 0 unspecified atom stereocenters. The van der Waals surface area contributed by atoms with Crippen molar-refractivity contribution in [1.29, 1.82) is 0 Å². The lowest BCUT2D eigenvalue weighted by atomic mass is 10.1. The Morgan fingerprint density at radius 2 is 1.62 bits per heavy atom. The predicted octanol–water partition coefficient (Wildman–Crippen LogP) is 2.16. The van der Waals surface area contributed by atoms with Crippen LogP contribution in [-0.4, -0.2) is 44.6 Å². The van der Waals surface area contributed by atoms with Gasteiger partial charge in [0.2, 0.25) is 5.76 Å². The maximum Gasteiger partial charge on any atom is 0.374 e. The second-order valence-electron chi connectivity index (χ2n) is 6.34. The van der Waals surface area contributed by atoms with Crippen molar-refractivity contribution in [2.24, 2.45) is 0 Å². The summed E-state index contributed by atoms with van der Waals surface area (Å²) < 4.78 is 19.5. The molecule has 0 saturated carbocycles. The summed E-state index contributed by atoms with van der Waals surface area (Å²) in [5.41, 5.74) is -0.242. The molecule has 3 rings (SSSR count). The van der Waals surface area contributed by atoms with Crippen LogP contribution in [0.4, 0.5) is 5.69 Å². The first kappa shape index (κ1) is 22.2. The number of nitrogens with one attached hydrogen (secondary N) is 1. The summed E-state index contributed by atoms with van der Waals surface area (Å²) in [6.07, 6.45) is 0. The van der Waals surface area contributed by atoms with Crippen LogP contribution in [0, 0.1) is 0 Å². The summed E-state index contributed by atoms with van der Waals surface area (Å²) in [5.74, 6) is -3.65. The Morgan fingerprint density at radius 1 is 0.906 bits per heavy atom. The van der Waals surface area contributed by atoms with Crippen molar-refractivity contribution in [3.05, 3.63) is 75.6 Å². The van der Waals surface area contributed by atoms with Crippen LogP contribution in [-0.2, 0) is 19.0 Å². The second kappa shape index (κ2) is 9.56. The summed E-state index contributed by atoms with van der Waals surface area (Å²) in [6.45, 7) is -0.752. The molecule has 0 fully saturated rings. The molecular formula is C22H17NO9. The minimum absolute atomic E-state index is 0.0274. The zero-order chi connectivity index (χ0) is 23.3. The van der Waals surface area contributed by atoms with E-state index in [1.54, 1.807) is 18.2 Å². The molecule has 2 aromatic carbocycles. The molecule has 0 radical (unpaired) electrons. The van der Waals surface area contributed by atoms with E-state index in [2.05, 4.69) is 14.8 Å². The number of carbonyl (C=O) groups excluding carboxylic acids is 4. The van der Waals surface area contributed by atoms with Gasteiger partial charge in [-0.2, -0.15) is 0 Å². The molecule has 32 heavy (non-hydrogen) atoms. The first-order valence-electron chi connectivity index (χ1n) is 9.14. The van der Waals surface area contributed by atoms with Crippen LogP contribution in [0.25, 0.3) is 11.0 Å². The molecule has 0 bridgehead atoms. The summed E-state index contributed by atoms with van der Waals surface area (Å²) in [4.78, 5) is 60.3. The van der Waals surface area contributed by atoms with Crippen LogP contribution in [0.2, 0.25) is 0 Å². The Kier molecular flexibility index (Phi) is 6.64. The SMILES string of the molecule is COC(=O)c1ccc(C(=O)OC)c(NC(=O)COC(=O)c2cc(=O)c3ccccc3o2)c1. The minimum atomic E-state index is -1.03. The van der Waals surface area contributed by atoms with Crippen LogP contribution in [0.1, 0.15) is 31.3 Å². The number of hydrogen-bond acceptors (Lipinski definition) is 9. The van der Waals surface area contributed by atoms with Gasteiger partial charge >= 0.3 is 17.9 Å². The van der Waals surface area contributed by atoms with E-state index in [9.17, 15) is 24.0 Å². The van der Waals surface area contributed by atoms with Gasteiger partial charge in [-0.3, -0.25) is 9.59 Å². The molecule has 3 aromatic rings. The smallest absolute Gasteiger partial charge is 0.374 e. The third-order valence-corrected chi connectivity index (χ3v) is 4.29. The number of hydrogen-bond donors (Lipinski definition) is 1. The summed E-state index contributed by atoms with van der Waals surface area (Å²) in [5, 5.41) is 2.67. The van der Waals surface area contributed by atoms with E-state index < -0.39 is 35.9 Å². The van der Waals surface area contributed by atoms with Crippen molar-refractivity contribution in [3.63, 3.8) is 0 Å². The van der Waals surface area contributed by atoms with Gasteiger partial charge in [-0.05, 0) is 30.3 Å². The standard InChI is InChI=1S/C22H17NO9/c1-29-20(26)12-7-8-13(21(27)30-2)15(9-12)23-19(25)11-31-22(28)18-10-16(24)14-5-3-4-6-17(14)32-18/h3-10H,11H2,1-2H3,(H,23,25). The maximum absolute atomic E-state index is 12.3. The minimum Gasteiger partial charge on any atom is -0.465 e. The largest absolute Gasteiger partial charge is 0.465 e. The highest BCUT2D eigenvalue weighted by Gasteiger charge is 2.19. The molecule has 0 spiro atoms. The highest BCUT2D eigenvalue weighted by molar-refractivity contribution is 6.04. The van der Waals surface area contributed by atoms with Gasteiger partial charge in [-0.25, -0.2) is 14.4 Å². The predicted molar refractivity (Wildman–Crippen MR) is 111 cm³/mol. The quantitative estimate of drug-likeness (QED) is 0.452. The number of fused-ring (bicyclic) bond motifs is 1. The van der Waals surface area contributed by atoms with Gasteiger partial charge in [0.05, 0.1) is 36.4 Å². The number of anilines is 1. The van der Waals surface area contributed by atoms with Gasteiger partial charge in [0.15, 0.2) is 12.0 Å². The zero-order valence-corrected chi connectivity index (χ0v) is 17.0. The lowest BCUT2D eigenvalue weighted by Crippen LogP contribution is -2.23. The Balaban J connectivity index is 1.74. The number of carbonyl (C=O) groups is 4. The number of methoxy groups -OCH3 is 2. The molecule has 0 atom stereocenters. The molecule has 10 heteroatoms. The van der Waals surface area contributed by atoms with Gasteiger partial charge in [-0.1, -0.05) is 12.1 Å². The lowest BCUT2D eigenvalue weighted by Gasteiger charge is -2.11. The molecule has 1 N–H and O–H groups in total.